The van der Waals surface area contributed by atoms with Gasteiger partial charge in [-0.2, -0.15) is 13.2 Å². The number of aromatic nitrogens is 1. The Hall–Kier alpha value is -1.99. The van der Waals surface area contributed by atoms with E-state index in [-0.39, 0.29) is 27.7 Å². The molecule has 3 rings (SSSR count). The van der Waals surface area contributed by atoms with Crippen LogP contribution >= 0.6 is 11.6 Å². The third kappa shape index (κ3) is 1.85. The predicted molar refractivity (Wildman–Crippen MR) is 74.4 cm³/mol. The van der Waals surface area contributed by atoms with Crippen molar-refractivity contribution in [3.63, 3.8) is 0 Å². The zero-order valence-electron chi connectivity index (χ0n) is 11.2. The molecule has 0 spiro atoms. The highest BCUT2D eigenvalue weighted by Crippen LogP contribution is 2.53. The van der Waals surface area contributed by atoms with Gasteiger partial charge in [0, 0.05) is 17.1 Å². The van der Waals surface area contributed by atoms with Crippen molar-refractivity contribution in [3.8, 4) is 0 Å². The molecule has 0 bridgehead atoms. The molecular formula is C14H12ClF3N3O+. The minimum atomic E-state index is -4.66. The van der Waals surface area contributed by atoms with Gasteiger partial charge in [-0.05, 0) is 30.3 Å². The van der Waals surface area contributed by atoms with Crippen LogP contribution in [0.4, 0.5) is 24.7 Å². The van der Waals surface area contributed by atoms with Crippen LogP contribution in [0.5, 0.6) is 0 Å². The minimum Gasteiger partial charge on any atom is -0.350 e. The molecule has 0 saturated heterocycles. The summed E-state index contributed by atoms with van der Waals surface area (Å²) in [6.07, 6.45) is -3.42. The molecule has 0 fully saturated rings. The van der Waals surface area contributed by atoms with E-state index in [1.165, 1.54) is 36.5 Å². The zero-order chi connectivity index (χ0) is 16.1. The standard InChI is InChI=1S/C14H11ClF3N3O/c15-8-3-4-11-10(6-8)13(7-19,14(16,17)18)9-2-1-5-21(22)12(9)20-11/h1-6,22H,7,19H2/p+1. The van der Waals surface area contributed by atoms with Crippen molar-refractivity contribution in [2.75, 3.05) is 11.9 Å². The van der Waals surface area contributed by atoms with Crippen molar-refractivity contribution in [1.29, 1.82) is 0 Å². The van der Waals surface area contributed by atoms with Gasteiger partial charge in [0.05, 0.1) is 5.56 Å². The van der Waals surface area contributed by atoms with E-state index in [1.54, 1.807) is 0 Å². The monoisotopic (exact) mass is 330 g/mol. The first-order chi connectivity index (χ1) is 10.3. The van der Waals surface area contributed by atoms with Gasteiger partial charge < -0.3 is 10.9 Å². The summed E-state index contributed by atoms with van der Waals surface area (Å²) in [5.74, 6) is -0.0694. The molecule has 1 aromatic heterocycles. The molecule has 116 valence electrons. The normalized spacial score (nSPS) is 20.0. The molecule has 1 unspecified atom stereocenters. The molecule has 1 aromatic carbocycles. The number of alkyl halides is 3. The minimum absolute atomic E-state index is 0.0614. The number of benzene rings is 1. The fourth-order valence-electron chi connectivity index (χ4n) is 2.86. The molecule has 1 aliphatic heterocycles. The maximum atomic E-state index is 14.0. The Morgan fingerprint density at radius 1 is 1.27 bits per heavy atom. The fourth-order valence-corrected chi connectivity index (χ4v) is 3.03. The largest absolute Gasteiger partial charge is 0.404 e. The quantitative estimate of drug-likeness (QED) is 0.556. The molecule has 22 heavy (non-hydrogen) atoms. The van der Waals surface area contributed by atoms with Gasteiger partial charge in [0.15, 0.2) is 0 Å². The van der Waals surface area contributed by atoms with Gasteiger partial charge >= 0.3 is 12.0 Å². The average molecular weight is 331 g/mol. The SMILES string of the molecule is NCC1(C(F)(F)F)c2cc(Cl)ccc2Nc2c1ccc[n+]2O. The Balaban J connectivity index is 2.42. The smallest absolute Gasteiger partial charge is 0.350 e. The number of nitrogens with two attached hydrogens (primary N) is 1. The van der Waals surface area contributed by atoms with Gasteiger partial charge in [-0.15, -0.1) is 0 Å². The molecular weight excluding hydrogens is 319 g/mol. The summed E-state index contributed by atoms with van der Waals surface area (Å²) in [5, 5.41) is 12.8. The Morgan fingerprint density at radius 2 is 2.00 bits per heavy atom. The van der Waals surface area contributed by atoms with E-state index in [9.17, 15) is 18.4 Å². The fraction of sp³-hybridized carbons (Fsp3) is 0.214. The lowest BCUT2D eigenvalue weighted by atomic mass is 9.71. The predicted octanol–water partition coefficient (Wildman–Crippen LogP) is 2.73. The highest BCUT2D eigenvalue weighted by atomic mass is 35.5. The second kappa shape index (κ2) is 4.76. The second-order valence-corrected chi connectivity index (χ2v) is 5.47. The molecule has 0 radical (unpaired) electrons. The van der Waals surface area contributed by atoms with E-state index in [4.69, 9.17) is 17.3 Å². The van der Waals surface area contributed by atoms with Gasteiger partial charge in [-0.25, -0.2) is 5.32 Å². The van der Waals surface area contributed by atoms with Crippen LogP contribution in [0.15, 0.2) is 36.5 Å². The molecule has 1 aliphatic rings. The summed E-state index contributed by atoms with van der Waals surface area (Å²) >= 11 is 5.88. The number of halogens is 4. The molecule has 8 heteroatoms. The lowest BCUT2D eigenvalue weighted by molar-refractivity contribution is -0.893. The number of nitrogens with zero attached hydrogens (tertiary/aromatic N) is 1. The van der Waals surface area contributed by atoms with Gasteiger partial charge in [-0.3, -0.25) is 0 Å². The molecule has 4 N–H and O–H groups in total. The molecule has 0 saturated carbocycles. The van der Waals surface area contributed by atoms with Gasteiger partial charge in [0.2, 0.25) is 0 Å². The number of hydrogen-bond acceptors (Lipinski definition) is 3. The maximum Gasteiger partial charge on any atom is 0.404 e. The van der Waals surface area contributed by atoms with Crippen LogP contribution in [0, 0.1) is 0 Å². The van der Waals surface area contributed by atoms with Crippen LogP contribution < -0.4 is 15.8 Å². The average Bonchev–Trinajstić information content (AvgIpc) is 2.44. The Labute approximate surface area is 128 Å². The highest BCUT2D eigenvalue weighted by molar-refractivity contribution is 6.30. The van der Waals surface area contributed by atoms with Crippen LogP contribution in [0.2, 0.25) is 5.02 Å². The van der Waals surface area contributed by atoms with Crippen LogP contribution in [0.25, 0.3) is 0 Å². The summed E-state index contributed by atoms with van der Waals surface area (Å²) in [6.45, 7) is -0.706. The number of anilines is 2. The number of hydrogen-bond donors (Lipinski definition) is 3. The van der Waals surface area contributed by atoms with E-state index >= 15 is 0 Å². The van der Waals surface area contributed by atoms with Crippen molar-refractivity contribution in [2.24, 2.45) is 5.73 Å². The number of rotatable bonds is 1. The van der Waals surface area contributed by atoms with E-state index in [0.717, 1.165) is 0 Å². The first-order valence-corrected chi connectivity index (χ1v) is 6.77. The molecule has 0 amide bonds. The number of fused-ring (bicyclic) bond motifs is 2. The highest BCUT2D eigenvalue weighted by Gasteiger charge is 2.62. The van der Waals surface area contributed by atoms with Crippen LogP contribution in [-0.2, 0) is 5.41 Å². The summed E-state index contributed by atoms with van der Waals surface area (Å²) in [4.78, 5) is 0. The van der Waals surface area contributed by atoms with Crippen molar-refractivity contribution in [3.05, 3.63) is 52.7 Å². The molecule has 0 aliphatic carbocycles. The second-order valence-electron chi connectivity index (χ2n) is 5.04. The summed E-state index contributed by atoms with van der Waals surface area (Å²) in [5.41, 5.74) is 3.12. The van der Waals surface area contributed by atoms with Crippen molar-refractivity contribution in [1.82, 2.24) is 0 Å². The van der Waals surface area contributed by atoms with Gasteiger partial charge in [-0.1, -0.05) is 16.3 Å². The summed E-state index contributed by atoms with van der Waals surface area (Å²) < 4.78 is 42.5. The zero-order valence-corrected chi connectivity index (χ0v) is 11.9. The summed E-state index contributed by atoms with van der Waals surface area (Å²) in [7, 11) is 0. The van der Waals surface area contributed by atoms with E-state index < -0.39 is 18.1 Å². The third-order valence-corrected chi connectivity index (χ3v) is 4.15. The van der Waals surface area contributed by atoms with Gasteiger partial charge in [0.25, 0.3) is 0 Å². The Kier molecular flexibility index (Phi) is 3.23. The van der Waals surface area contributed by atoms with E-state index in [1.807, 2.05) is 0 Å². The molecule has 4 nitrogen and oxygen atoms in total. The Morgan fingerprint density at radius 3 is 2.64 bits per heavy atom. The topological polar surface area (TPSA) is 62.2 Å². The first kappa shape index (κ1) is 14.9. The third-order valence-electron chi connectivity index (χ3n) is 3.92. The molecule has 1 atom stereocenters. The number of pyridine rings is 1. The van der Waals surface area contributed by atoms with Crippen LogP contribution in [0.1, 0.15) is 11.1 Å². The lowest BCUT2D eigenvalue weighted by Crippen LogP contribution is -2.53. The first-order valence-electron chi connectivity index (χ1n) is 6.39. The van der Waals surface area contributed by atoms with Crippen molar-refractivity contribution < 1.29 is 23.1 Å². The van der Waals surface area contributed by atoms with E-state index in [2.05, 4.69) is 5.32 Å². The van der Waals surface area contributed by atoms with Crippen LogP contribution in [0.3, 0.4) is 0 Å². The number of nitrogens with one attached hydrogen (secondary N) is 1. The van der Waals surface area contributed by atoms with Crippen molar-refractivity contribution >= 4 is 23.1 Å². The Bertz CT molecular complexity index is 747. The molecule has 2 aromatic rings. The van der Waals surface area contributed by atoms with Crippen molar-refractivity contribution in [2.45, 2.75) is 11.6 Å². The molecule has 2 heterocycles. The summed E-state index contributed by atoms with van der Waals surface area (Å²) in [6, 6.07) is 6.78. The maximum absolute atomic E-state index is 14.0. The lowest BCUT2D eigenvalue weighted by Gasteiger charge is -2.38. The van der Waals surface area contributed by atoms with E-state index in [0.29, 0.717) is 4.73 Å². The van der Waals surface area contributed by atoms with Crippen LogP contribution in [-0.4, -0.2) is 17.9 Å². The van der Waals surface area contributed by atoms with Gasteiger partial charge in [0.1, 0.15) is 17.3 Å².